The quantitative estimate of drug-likeness (QED) is 0.914. The van der Waals surface area contributed by atoms with Gasteiger partial charge in [0.1, 0.15) is 5.82 Å². The Morgan fingerprint density at radius 2 is 2.10 bits per heavy atom. The van der Waals surface area contributed by atoms with Gasteiger partial charge in [-0.25, -0.2) is 14.5 Å². The van der Waals surface area contributed by atoms with Crippen LogP contribution in [0.4, 0.5) is 13.2 Å². The molecule has 0 aliphatic rings. The molecule has 2 aromatic heterocycles. The van der Waals surface area contributed by atoms with Crippen molar-refractivity contribution in [1.29, 1.82) is 0 Å². The second-order valence-corrected chi connectivity index (χ2v) is 3.98. The molecule has 0 fully saturated rings. The summed E-state index contributed by atoms with van der Waals surface area (Å²) in [6.45, 7) is 1.72. The number of carboxylic acid groups (broad SMARTS) is 1. The normalized spacial score (nSPS) is 11.8. The number of carbonyl (C=O) groups is 1. The molecule has 7 nitrogen and oxygen atoms in total. The number of nitrogens with zero attached hydrogens (tertiary/aromatic N) is 5. The van der Waals surface area contributed by atoms with Crippen LogP contribution in [0.3, 0.4) is 0 Å². The molecule has 0 saturated heterocycles. The number of hydrogen-bond acceptors (Lipinski definition) is 4. The van der Waals surface area contributed by atoms with E-state index in [9.17, 15) is 18.0 Å². The highest BCUT2D eigenvalue weighted by molar-refractivity contribution is 5.86. The van der Waals surface area contributed by atoms with Crippen molar-refractivity contribution in [3.8, 4) is 0 Å². The largest absolute Gasteiger partial charge is 0.476 e. The number of aryl methyl sites for hydroxylation is 3. The Labute approximate surface area is 110 Å². The van der Waals surface area contributed by atoms with E-state index in [0.717, 1.165) is 0 Å². The Hall–Kier alpha value is -2.39. The van der Waals surface area contributed by atoms with Gasteiger partial charge in [-0.05, 0) is 6.92 Å². The lowest BCUT2D eigenvalue weighted by molar-refractivity contribution is -0.144. The van der Waals surface area contributed by atoms with Crippen LogP contribution in [0.2, 0.25) is 0 Å². The SMILES string of the molecule is Cc1nccn1CCn1nnc(C(=O)O)c1C(F)(F)F. The molecule has 0 saturated carbocycles. The maximum absolute atomic E-state index is 12.9. The minimum absolute atomic E-state index is 0.160. The molecule has 0 radical (unpaired) electrons. The van der Waals surface area contributed by atoms with Gasteiger partial charge < -0.3 is 9.67 Å². The lowest BCUT2D eigenvalue weighted by Gasteiger charge is -2.11. The van der Waals surface area contributed by atoms with Crippen LogP contribution in [-0.4, -0.2) is 35.6 Å². The van der Waals surface area contributed by atoms with Gasteiger partial charge in [0.05, 0.1) is 6.54 Å². The molecule has 20 heavy (non-hydrogen) atoms. The molecule has 0 bridgehead atoms. The Bertz CT molecular complexity index is 631. The molecule has 2 heterocycles. The first-order chi connectivity index (χ1) is 9.30. The van der Waals surface area contributed by atoms with Crippen LogP contribution in [-0.2, 0) is 19.3 Å². The molecule has 10 heteroatoms. The number of imidazole rings is 1. The van der Waals surface area contributed by atoms with E-state index in [2.05, 4.69) is 15.3 Å². The summed E-state index contributed by atoms with van der Waals surface area (Å²) in [6, 6.07) is 0. The van der Waals surface area contributed by atoms with E-state index >= 15 is 0 Å². The average molecular weight is 289 g/mol. The van der Waals surface area contributed by atoms with Gasteiger partial charge in [-0.1, -0.05) is 5.21 Å². The van der Waals surface area contributed by atoms with E-state index in [1.807, 2.05) is 0 Å². The minimum Gasteiger partial charge on any atom is -0.476 e. The first-order valence-electron chi connectivity index (χ1n) is 5.52. The fourth-order valence-corrected chi connectivity index (χ4v) is 1.74. The molecule has 0 spiro atoms. The zero-order valence-electron chi connectivity index (χ0n) is 10.3. The summed E-state index contributed by atoms with van der Waals surface area (Å²) in [7, 11) is 0. The van der Waals surface area contributed by atoms with Crippen molar-refractivity contribution in [2.75, 3.05) is 0 Å². The van der Waals surface area contributed by atoms with Crippen molar-refractivity contribution in [3.05, 3.63) is 29.6 Å². The van der Waals surface area contributed by atoms with Gasteiger partial charge in [0, 0.05) is 18.9 Å². The van der Waals surface area contributed by atoms with Gasteiger partial charge in [-0.3, -0.25) is 0 Å². The van der Waals surface area contributed by atoms with E-state index in [1.165, 1.54) is 6.20 Å². The molecule has 0 aromatic carbocycles. The summed E-state index contributed by atoms with van der Waals surface area (Å²) in [5.41, 5.74) is -2.46. The predicted molar refractivity (Wildman–Crippen MR) is 58.9 cm³/mol. The lowest BCUT2D eigenvalue weighted by atomic mass is 10.3. The number of alkyl halides is 3. The summed E-state index contributed by atoms with van der Waals surface area (Å²) in [4.78, 5) is 14.7. The maximum atomic E-state index is 12.9. The van der Waals surface area contributed by atoms with Crippen LogP contribution >= 0.6 is 0 Å². The fourth-order valence-electron chi connectivity index (χ4n) is 1.74. The molecule has 0 unspecified atom stereocenters. The smallest absolute Gasteiger partial charge is 0.435 e. The molecule has 0 atom stereocenters. The number of halogens is 3. The summed E-state index contributed by atoms with van der Waals surface area (Å²) < 4.78 is 40.8. The number of aromatic nitrogens is 5. The third kappa shape index (κ3) is 2.63. The Balaban J connectivity index is 2.28. The van der Waals surface area contributed by atoms with Crippen LogP contribution in [0.25, 0.3) is 0 Å². The highest BCUT2D eigenvalue weighted by Gasteiger charge is 2.41. The summed E-state index contributed by atoms with van der Waals surface area (Å²) in [5.74, 6) is -1.13. The van der Waals surface area contributed by atoms with Crippen LogP contribution in [0.1, 0.15) is 22.0 Å². The van der Waals surface area contributed by atoms with Gasteiger partial charge in [0.25, 0.3) is 0 Å². The van der Waals surface area contributed by atoms with E-state index in [0.29, 0.717) is 10.5 Å². The Morgan fingerprint density at radius 1 is 1.40 bits per heavy atom. The van der Waals surface area contributed by atoms with Gasteiger partial charge in [0.15, 0.2) is 5.69 Å². The topological polar surface area (TPSA) is 85.8 Å². The van der Waals surface area contributed by atoms with Crippen LogP contribution in [0, 0.1) is 6.92 Å². The second kappa shape index (κ2) is 4.94. The molecular formula is C10H10F3N5O2. The van der Waals surface area contributed by atoms with Crippen molar-refractivity contribution in [3.63, 3.8) is 0 Å². The van der Waals surface area contributed by atoms with Crippen molar-refractivity contribution >= 4 is 5.97 Å². The standard InChI is InChI=1S/C10H10F3N5O2/c1-6-14-2-3-17(6)4-5-18-8(10(11,12)13)7(9(19)20)15-16-18/h2-3H,4-5H2,1H3,(H,19,20). The van der Waals surface area contributed by atoms with E-state index < -0.39 is 23.5 Å². The third-order valence-electron chi connectivity index (χ3n) is 2.68. The Kier molecular flexibility index (Phi) is 3.47. The van der Waals surface area contributed by atoms with Gasteiger partial charge in [-0.15, -0.1) is 5.10 Å². The number of hydrogen-bond donors (Lipinski definition) is 1. The zero-order valence-corrected chi connectivity index (χ0v) is 10.3. The van der Waals surface area contributed by atoms with Gasteiger partial charge in [0.2, 0.25) is 5.69 Å². The lowest BCUT2D eigenvalue weighted by Crippen LogP contribution is -2.20. The molecule has 1 N–H and O–H groups in total. The third-order valence-corrected chi connectivity index (χ3v) is 2.68. The second-order valence-electron chi connectivity index (χ2n) is 3.98. The molecule has 0 aliphatic carbocycles. The summed E-state index contributed by atoms with van der Waals surface area (Å²) in [6.07, 6.45) is -1.71. The average Bonchev–Trinajstić information content (AvgIpc) is 2.91. The minimum atomic E-state index is -4.83. The molecule has 108 valence electrons. The number of aromatic carboxylic acids is 1. The van der Waals surface area contributed by atoms with E-state index in [1.54, 1.807) is 17.7 Å². The number of rotatable bonds is 4. The van der Waals surface area contributed by atoms with E-state index in [4.69, 9.17) is 5.11 Å². The monoisotopic (exact) mass is 289 g/mol. The van der Waals surface area contributed by atoms with Crippen LogP contribution in [0.15, 0.2) is 12.4 Å². The Morgan fingerprint density at radius 3 is 2.60 bits per heavy atom. The number of carboxylic acids is 1. The van der Waals surface area contributed by atoms with Crippen LogP contribution < -0.4 is 0 Å². The zero-order chi connectivity index (χ0) is 14.9. The maximum Gasteiger partial charge on any atom is 0.435 e. The van der Waals surface area contributed by atoms with Gasteiger partial charge >= 0.3 is 12.1 Å². The van der Waals surface area contributed by atoms with Crippen molar-refractivity contribution in [1.82, 2.24) is 24.5 Å². The van der Waals surface area contributed by atoms with Crippen molar-refractivity contribution < 1.29 is 23.1 Å². The molecule has 0 amide bonds. The first kappa shape index (κ1) is 14.0. The highest BCUT2D eigenvalue weighted by atomic mass is 19.4. The molecule has 2 aromatic rings. The first-order valence-corrected chi connectivity index (χ1v) is 5.52. The summed E-state index contributed by atoms with van der Waals surface area (Å²) in [5, 5.41) is 15.0. The van der Waals surface area contributed by atoms with Crippen LogP contribution in [0.5, 0.6) is 0 Å². The predicted octanol–water partition coefficient (Wildman–Crippen LogP) is 1.20. The molecule has 2 rings (SSSR count). The molecule has 0 aliphatic heterocycles. The summed E-state index contributed by atoms with van der Waals surface area (Å²) >= 11 is 0. The fraction of sp³-hybridized carbons (Fsp3) is 0.400. The molecular weight excluding hydrogens is 279 g/mol. The van der Waals surface area contributed by atoms with E-state index in [-0.39, 0.29) is 13.1 Å². The van der Waals surface area contributed by atoms with Crippen molar-refractivity contribution in [2.45, 2.75) is 26.2 Å². The van der Waals surface area contributed by atoms with Crippen molar-refractivity contribution in [2.24, 2.45) is 0 Å². The highest BCUT2D eigenvalue weighted by Crippen LogP contribution is 2.31. The van der Waals surface area contributed by atoms with Gasteiger partial charge in [-0.2, -0.15) is 13.2 Å².